The molecule has 0 amide bonds. The van der Waals surface area contributed by atoms with E-state index in [0.717, 1.165) is 5.56 Å². The third-order valence-electron chi connectivity index (χ3n) is 2.40. The molecule has 0 spiro atoms. The summed E-state index contributed by atoms with van der Waals surface area (Å²) >= 11 is 0. The predicted octanol–water partition coefficient (Wildman–Crippen LogP) is 0.978. The van der Waals surface area contributed by atoms with Crippen LogP contribution in [-0.4, -0.2) is 32.3 Å². The number of ether oxygens (including phenoxy) is 1. The van der Waals surface area contributed by atoms with Gasteiger partial charge in [-0.2, -0.15) is 0 Å². The van der Waals surface area contributed by atoms with Gasteiger partial charge in [0.2, 0.25) is 0 Å². The second kappa shape index (κ2) is 5.39. The van der Waals surface area contributed by atoms with Crippen LogP contribution >= 0.6 is 0 Å². The van der Waals surface area contributed by atoms with E-state index >= 15 is 0 Å². The maximum atomic E-state index is 11.5. The van der Waals surface area contributed by atoms with Crippen LogP contribution in [-0.2, 0) is 18.2 Å². The summed E-state index contributed by atoms with van der Waals surface area (Å²) in [6.07, 6.45) is 4.06. The first-order valence-electron chi connectivity index (χ1n) is 5.66. The van der Waals surface area contributed by atoms with Crippen LogP contribution in [0.15, 0.2) is 24.5 Å². The molecule has 2 heterocycles. The normalized spacial score (nSPS) is 10.3. The summed E-state index contributed by atoms with van der Waals surface area (Å²) in [5, 5.41) is 4.04. The molecule has 0 N–H and O–H groups in total. The van der Waals surface area contributed by atoms with Crippen LogP contribution in [0.3, 0.4) is 0 Å². The Morgan fingerprint density at radius 2 is 2.33 bits per heavy atom. The summed E-state index contributed by atoms with van der Waals surface area (Å²) in [5.74, 6) is 0.301. The van der Waals surface area contributed by atoms with E-state index in [-0.39, 0.29) is 5.82 Å². The van der Waals surface area contributed by atoms with Gasteiger partial charge < -0.3 is 4.74 Å². The highest BCUT2D eigenvalue weighted by molar-refractivity contribution is 5.84. The van der Waals surface area contributed by atoms with Gasteiger partial charge >= 0.3 is 5.97 Å². The van der Waals surface area contributed by atoms with Crippen molar-refractivity contribution in [3.05, 3.63) is 41.7 Å². The van der Waals surface area contributed by atoms with E-state index in [4.69, 9.17) is 4.74 Å². The zero-order valence-corrected chi connectivity index (χ0v) is 10.3. The topological polar surface area (TPSA) is 69.9 Å². The number of carbonyl (C=O) groups is 1. The average Bonchev–Trinajstić information content (AvgIpc) is 2.73. The lowest BCUT2D eigenvalue weighted by Crippen LogP contribution is -2.07. The number of aromatic nitrogens is 4. The van der Waals surface area contributed by atoms with Gasteiger partial charge in [-0.25, -0.2) is 9.78 Å². The van der Waals surface area contributed by atoms with Crippen LogP contribution in [0.4, 0.5) is 0 Å². The van der Waals surface area contributed by atoms with Crippen LogP contribution < -0.4 is 0 Å². The standard InChI is InChI=1S/C12H14N4O2/c1-3-18-12(17)11-14-10(16(2)15-11)7-9-5-4-6-13-8-9/h4-6,8H,3,7H2,1-2H3. The van der Waals surface area contributed by atoms with Crippen molar-refractivity contribution in [1.82, 2.24) is 19.7 Å². The minimum atomic E-state index is -0.495. The lowest BCUT2D eigenvalue weighted by atomic mass is 10.2. The van der Waals surface area contributed by atoms with Crippen molar-refractivity contribution in [1.29, 1.82) is 0 Å². The largest absolute Gasteiger partial charge is 0.460 e. The van der Waals surface area contributed by atoms with Gasteiger partial charge in [-0.1, -0.05) is 6.07 Å². The van der Waals surface area contributed by atoms with Crippen LogP contribution in [0.1, 0.15) is 28.9 Å². The minimum absolute atomic E-state index is 0.0956. The molecule has 18 heavy (non-hydrogen) atoms. The third kappa shape index (κ3) is 2.71. The first-order chi connectivity index (χ1) is 8.70. The van der Waals surface area contributed by atoms with E-state index < -0.39 is 5.97 Å². The molecule has 2 aromatic heterocycles. The molecule has 6 heteroatoms. The number of esters is 1. The lowest BCUT2D eigenvalue weighted by Gasteiger charge is -1.98. The molecule has 2 rings (SSSR count). The summed E-state index contributed by atoms with van der Waals surface area (Å²) in [5.41, 5.74) is 1.02. The molecule has 0 unspecified atom stereocenters. The van der Waals surface area contributed by atoms with Crippen molar-refractivity contribution in [3.8, 4) is 0 Å². The number of rotatable bonds is 4. The highest BCUT2D eigenvalue weighted by atomic mass is 16.5. The Morgan fingerprint density at radius 3 is 3.00 bits per heavy atom. The highest BCUT2D eigenvalue weighted by Gasteiger charge is 2.15. The van der Waals surface area contributed by atoms with E-state index in [1.54, 1.807) is 31.0 Å². The first kappa shape index (κ1) is 12.2. The molecule has 0 atom stereocenters. The summed E-state index contributed by atoms with van der Waals surface area (Å²) in [6.45, 7) is 2.06. The van der Waals surface area contributed by atoms with Crippen LogP contribution in [0.25, 0.3) is 0 Å². The number of hydrogen-bond acceptors (Lipinski definition) is 5. The molecule has 0 bridgehead atoms. The fourth-order valence-electron chi connectivity index (χ4n) is 1.54. The Morgan fingerprint density at radius 1 is 1.50 bits per heavy atom. The Hall–Kier alpha value is -2.24. The first-order valence-corrected chi connectivity index (χ1v) is 5.66. The number of pyridine rings is 1. The van der Waals surface area contributed by atoms with Crippen molar-refractivity contribution in [2.75, 3.05) is 6.61 Å². The van der Waals surface area contributed by atoms with Gasteiger partial charge in [-0.15, -0.1) is 5.10 Å². The Bertz CT molecular complexity index is 536. The Balaban J connectivity index is 2.17. The molecule has 6 nitrogen and oxygen atoms in total. The van der Waals surface area contributed by atoms with E-state index in [1.165, 1.54) is 0 Å². The van der Waals surface area contributed by atoms with E-state index in [1.807, 2.05) is 12.1 Å². The summed E-state index contributed by atoms with van der Waals surface area (Å²) < 4.78 is 6.44. The fourth-order valence-corrected chi connectivity index (χ4v) is 1.54. The fraction of sp³-hybridized carbons (Fsp3) is 0.333. The molecule has 0 aromatic carbocycles. The molecule has 0 saturated heterocycles. The van der Waals surface area contributed by atoms with Gasteiger partial charge in [0.25, 0.3) is 5.82 Å². The Kier molecular flexibility index (Phi) is 3.66. The molecule has 0 aliphatic heterocycles. The molecule has 2 aromatic rings. The highest BCUT2D eigenvalue weighted by Crippen LogP contribution is 2.06. The SMILES string of the molecule is CCOC(=O)c1nc(Cc2cccnc2)n(C)n1. The van der Waals surface area contributed by atoms with Crippen LogP contribution in [0.5, 0.6) is 0 Å². The number of hydrogen-bond donors (Lipinski definition) is 0. The maximum Gasteiger partial charge on any atom is 0.378 e. The van der Waals surface area contributed by atoms with Crippen molar-refractivity contribution < 1.29 is 9.53 Å². The molecule has 0 aliphatic rings. The molecular formula is C12H14N4O2. The van der Waals surface area contributed by atoms with Crippen molar-refractivity contribution in [2.45, 2.75) is 13.3 Å². The zero-order valence-electron chi connectivity index (χ0n) is 10.3. The quantitative estimate of drug-likeness (QED) is 0.752. The molecule has 0 radical (unpaired) electrons. The monoisotopic (exact) mass is 246 g/mol. The predicted molar refractivity (Wildman–Crippen MR) is 64.0 cm³/mol. The molecule has 0 fully saturated rings. The van der Waals surface area contributed by atoms with Crippen molar-refractivity contribution >= 4 is 5.97 Å². The molecule has 0 aliphatic carbocycles. The number of nitrogens with zero attached hydrogens (tertiary/aromatic N) is 4. The average molecular weight is 246 g/mol. The van der Waals surface area contributed by atoms with E-state index in [2.05, 4.69) is 15.1 Å². The summed E-state index contributed by atoms with van der Waals surface area (Å²) in [4.78, 5) is 19.7. The van der Waals surface area contributed by atoms with Crippen molar-refractivity contribution in [3.63, 3.8) is 0 Å². The second-order valence-corrected chi connectivity index (χ2v) is 3.73. The molecule has 94 valence electrons. The van der Waals surface area contributed by atoms with E-state index in [0.29, 0.717) is 18.9 Å². The molecule has 0 saturated carbocycles. The van der Waals surface area contributed by atoms with Gasteiger partial charge in [0.15, 0.2) is 0 Å². The van der Waals surface area contributed by atoms with Gasteiger partial charge in [-0.3, -0.25) is 9.67 Å². The lowest BCUT2D eigenvalue weighted by molar-refractivity contribution is 0.0512. The molecular weight excluding hydrogens is 232 g/mol. The third-order valence-corrected chi connectivity index (χ3v) is 2.40. The Labute approximate surface area is 105 Å². The second-order valence-electron chi connectivity index (χ2n) is 3.73. The smallest absolute Gasteiger partial charge is 0.378 e. The maximum absolute atomic E-state index is 11.5. The van der Waals surface area contributed by atoms with Gasteiger partial charge in [0, 0.05) is 25.9 Å². The van der Waals surface area contributed by atoms with Gasteiger partial charge in [0.05, 0.1) is 6.61 Å². The number of aryl methyl sites for hydroxylation is 1. The van der Waals surface area contributed by atoms with E-state index in [9.17, 15) is 4.79 Å². The summed E-state index contributed by atoms with van der Waals surface area (Å²) in [7, 11) is 1.75. The number of carbonyl (C=O) groups excluding carboxylic acids is 1. The van der Waals surface area contributed by atoms with Gasteiger partial charge in [0.1, 0.15) is 5.82 Å². The minimum Gasteiger partial charge on any atom is -0.460 e. The van der Waals surface area contributed by atoms with Crippen LogP contribution in [0, 0.1) is 0 Å². The van der Waals surface area contributed by atoms with Crippen LogP contribution in [0.2, 0.25) is 0 Å². The van der Waals surface area contributed by atoms with Gasteiger partial charge in [-0.05, 0) is 18.6 Å². The summed E-state index contributed by atoms with van der Waals surface area (Å²) in [6, 6.07) is 3.81. The zero-order chi connectivity index (χ0) is 13.0. The van der Waals surface area contributed by atoms with Crippen molar-refractivity contribution in [2.24, 2.45) is 7.05 Å².